The molecule has 0 bridgehead atoms. The molecule has 1 aliphatic heterocycles. The van der Waals surface area contributed by atoms with Gasteiger partial charge in [0, 0.05) is 0 Å². The van der Waals surface area contributed by atoms with Gasteiger partial charge in [0.15, 0.2) is 0 Å². The van der Waals surface area contributed by atoms with Gasteiger partial charge in [0.1, 0.15) is 12.0 Å². The van der Waals surface area contributed by atoms with E-state index in [1.54, 1.807) is 11.0 Å². The van der Waals surface area contributed by atoms with Crippen LogP contribution in [0.3, 0.4) is 0 Å². The average molecular weight is 199 g/mol. The Kier molecular flexibility index (Phi) is 4.29. The van der Waals surface area contributed by atoms with Crippen molar-refractivity contribution in [3.63, 3.8) is 0 Å². The van der Waals surface area contributed by atoms with Crippen molar-refractivity contribution in [3.8, 4) is 0 Å². The topological polar surface area (TPSA) is 49.8 Å². The summed E-state index contributed by atoms with van der Waals surface area (Å²) in [6, 6.07) is -0.0867. The summed E-state index contributed by atoms with van der Waals surface area (Å²) in [5.41, 5.74) is 0.400. The van der Waals surface area contributed by atoms with E-state index in [2.05, 4.69) is 0 Å². The zero-order valence-corrected chi connectivity index (χ0v) is 8.69. The summed E-state index contributed by atoms with van der Waals surface area (Å²) in [5, 5.41) is 11.4. The molecule has 0 radical (unpaired) electrons. The van der Waals surface area contributed by atoms with Crippen LogP contribution in [0.1, 0.15) is 26.7 Å². The number of hydrogen-bond acceptors (Lipinski definition) is 4. The highest BCUT2D eigenvalue weighted by Gasteiger charge is 2.37. The van der Waals surface area contributed by atoms with Gasteiger partial charge in [0.05, 0.1) is 24.8 Å². The number of rotatable bonds is 4. The Labute approximate surface area is 84.1 Å². The largest absolute Gasteiger partial charge is 0.386 e. The highest BCUT2D eigenvalue weighted by molar-refractivity contribution is 5.56. The van der Waals surface area contributed by atoms with Gasteiger partial charge in [-0.05, 0) is 13.3 Å². The first-order chi connectivity index (χ1) is 6.74. The van der Waals surface area contributed by atoms with E-state index >= 15 is 0 Å². The van der Waals surface area contributed by atoms with Crippen molar-refractivity contribution in [2.45, 2.75) is 38.8 Å². The van der Waals surface area contributed by atoms with Gasteiger partial charge >= 0.3 is 0 Å². The molecule has 1 rings (SSSR count). The van der Waals surface area contributed by atoms with Crippen molar-refractivity contribution in [2.75, 3.05) is 13.2 Å². The highest BCUT2D eigenvalue weighted by Crippen LogP contribution is 2.24. The average Bonchev–Trinajstić information content (AvgIpc) is 2.47. The van der Waals surface area contributed by atoms with Gasteiger partial charge < -0.3 is 5.11 Å². The number of hydroxylamine groups is 2. The molecule has 0 aromatic rings. The number of nitrogens with zero attached hydrogens (tertiary/aromatic N) is 1. The van der Waals surface area contributed by atoms with Crippen molar-refractivity contribution in [1.29, 1.82) is 0 Å². The Morgan fingerprint density at radius 1 is 1.64 bits per heavy atom. The molecule has 1 saturated heterocycles. The van der Waals surface area contributed by atoms with Crippen LogP contribution < -0.4 is 0 Å². The van der Waals surface area contributed by atoms with Crippen molar-refractivity contribution in [2.24, 2.45) is 0 Å². The molecule has 14 heavy (non-hydrogen) atoms. The number of aliphatic hydroxyl groups excluding tert-OH is 1. The molecule has 4 heteroatoms. The van der Waals surface area contributed by atoms with Gasteiger partial charge in [-0.1, -0.05) is 13.3 Å². The predicted octanol–water partition coefficient (Wildman–Crippen LogP) is 0.541. The summed E-state index contributed by atoms with van der Waals surface area (Å²) in [6.07, 6.45) is 1.07. The molecular weight excluding hydrogens is 182 g/mol. The normalized spacial score (nSPS) is 28.1. The summed E-state index contributed by atoms with van der Waals surface area (Å²) < 4.78 is 0. The first-order valence-corrected chi connectivity index (χ1v) is 5.06. The van der Waals surface area contributed by atoms with Crippen LogP contribution in [0, 0.1) is 0 Å². The molecule has 0 aromatic carbocycles. The van der Waals surface area contributed by atoms with Crippen LogP contribution in [0.2, 0.25) is 0 Å². The van der Waals surface area contributed by atoms with Crippen LogP contribution >= 0.6 is 0 Å². The fourth-order valence-electron chi connectivity index (χ4n) is 1.77. The lowest BCUT2D eigenvalue weighted by molar-refractivity contribution is -0.173. The van der Waals surface area contributed by atoms with E-state index in [9.17, 15) is 9.90 Å². The molecule has 0 amide bonds. The standard InChI is InChI=1S/C10H17NO3/c1-3-5-9-10(13)8(7-12)6-11(9)14-4-2/h9-10,13H,3-6H2,1-2H3. The minimum atomic E-state index is -0.709. The smallest absolute Gasteiger partial charge is 0.127 e. The van der Waals surface area contributed by atoms with Crippen LogP contribution in [0.25, 0.3) is 0 Å². The molecule has 2 atom stereocenters. The van der Waals surface area contributed by atoms with Crippen LogP contribution in [0.5, 0.6) is 0 Å². The maximum Gasteiger partial charge on any atom is 0.127 e. The predicted molar refractivity (Wildman–Crippen MR) is 52.2 cm³/mol. The van der Waals surface area contributed by atoms with E-state index in [1.807, 2.05) is 13.8 Å². The number of carbonyl (C=O) groups excluding carboxylic acids is 1. The Morgan fingerprint density at radius 3 is 2.86 bits per heavy atom. The van der Waals surface area contributed by atoms with Gasteiger partial charge in [-0.15, -0.1) is 0 Å². The Hall–Kier alpha value is -0.670. The van der Waals surface area contributed by atoms with Crippen molar-refractivity contribution in [3.05, 3.63) is 5.57 Å². The van der Waals surface area contributed by atoms with E-state index in [4.69, 9.17) is 4.84 Å². The Balaban J connectivity index is 2.70. The molecule has 4 nitrogen and oxygen atoms in total. The third kappa shape index (κ3) is 2.22. The molecule has 0 spiro atoms. The van der Waals surface area contributed by atoms with Crippen LogP contribution in [0.15, 0.2) is 5.57 Å². The lowest BCUT2D eigenvalue weighted by Gasteiger charge is -2.23. The van der Waals surface area contributed by atoms with Crippen LogP contribution in [0.4, 0.5) is 0 Å². The third-order valence-electron chi connectivity index (χ3n) is 2.43. The second kappa shape index (κ2) is 5.27. The Morgan fingerprint density at radius 2 is 2.36 bits per heavy atom. The second-order valence-corrected chi connectivity index (χ2v) is 3.42. The fraction of sp³-hybridized carbons (Fsp3) is 0.800. The van der Waals surface area contributed by atoms with Gasteiger partial charge in [-0.3, -0.25) is 4.84 Å². The molecular formula is C10H17NO3. The molecule has 1 N–H and O–H groups in total. The number of aliphatic hydroxyl groups is 1. The fourth-order valence-corrected chi connectivity index (χ4v) is 1.77. The quantitative estimate of drug-likeness (QED) is 0.671. The summed E-state index contributed by atoms with van der Waals surface area (Å²) in [5.74, 6) is 1.79. The summed E-state index contributed by atoms with van der Waals surface area (Å²) in [6.45, 7) is 4.86. The Bertz CT molecular complexity index is 236. The molecule has 80 valence electrons. The summed E-state index contributed by atoms with van der Waals surface area (Å²) >= 11 is 0. The molecule has 1 aliphatic rings. The monoisotopic (exact) mass is 199 g/mol. The van der Waals surface area contributed by atoms with Crippen LogP contribution in [-0.4, -0.2) is 41.4 Å². The maximum absolute atomic E-state index is 10.5. The molecule has 2 unspecified atom stereocenters. The first-order valence-electron chi connectivity index (χ1n) is 5.06. The van der Waals surface area contributed by atoms with Gasteiger partial charge in [-0.25, -0.2) is 4.79 Å². The van der Waals surface area contributed by atoms with E-state index in [0.29, 0.717) is 18.7 Å². The third-order valence-corrected chi connectivity index (χ3v) is 2.43. The van der Waals surface area contributed by atoms with E-state index in [0.717, 1.165) is 12.8 Å². The minimum absolute atomic E-state index is 0.0867. The van der Waals surface area contributed by atoms with E-state index in [1.165, 1.54) is 0 Å². The van der Waals surface area contributed by atoms with Gasteiger partial charge in [-0.2, -0.15) is 5.06 Å². The summed E-state index contributed by atoms with van der Waals surface area (Å²) in [7, 11) is 0. The zero-order valence-electron chi connectivity index (χ0n) is 8.69. The van der Waals surface area contributed by atoms with Crippen LogP contribution in [-0.2, 0) is 9.63 Å². The minimum Gasteiger partial charge on any atom is -0.386 e. The highest BCUT2D eigenvalue weighted by atomic mass is 16.7. The van der Waals surface area contributed by atoms with Gasteiger partial charge in [0.25, 0.3) is 0 Å². The molecule has 0 aliphatic carbocycles. The van der Waals surface area contributed by atoms with Gasteiger partial charge in [0.2, 0.25) is 0 Å². The zero-order chi connectivity index (χ0) is 10.6. The molecule has 1 heterocycles. The van der Waals surface area contributed by atoms with Crippen molar-refractivity contribution >= 4 is 5.94 Å². The van der Waals surface area contributed by atoms with E-state index in [-0.39, 0.29) is 6.04 Å². The first kappa shape index (κ1) is 11.4. The van der Waals surface area contributed by atoms with Crippen molar-refractivity contribution in [1.82, 2.24) is 5.06 Å². The molecule has 0 saturated carbocycles. The lowest BCUT2D eigenvalue weighted by Crippen LogP contribution is -2.35. The second-order valence-electron chi connectivity index (χ2n) is 3.42. The lowest BCUT2D eigenvalue weighted by atomic mass is 10.1. The molecule has 0 aromatic heterocycles. The number of hydrogen-bond donors (Lipinski definition) is 1. The molecule has 1 fully saturated rings. The van der Waals surface area contributed by atoms with E-state index < -0.39 is 6.10 Å². The summed E-state index contributed by atoms with van der Waals surface area (Å²) in [4.78, 5) is 15.9. The SMILES string of the molecule is CCCC1C(O)C(=C=O)CN1OCC. The maximum atomic E-state index is 10.5. The van der Waals surface area contributed by atoms with Crippen molar-refractivity contribution < 1.29 is 14.7 Å².